The number of amides is 1. The maximum absolute atomic E-state index is 14.2. The lowest BCUT2D eigenvalue weighted by Gasteiger charge is -2.28. The molecule has 1 aromatic rings. The molecule has 6 heteroatoms. The highest BCUT2D eigenvalue weighted by Crippen LogP contribution is 2.25. The van der Waals surface area contributed by atoms with Gasteiger partial charge in [-0.1, -0.05) is 12.1 Å². The normalized spacial score (nSPS) is 17.9. The fraction of sp³-hybridized carbons (Fsp3) is 0.500. The third-order valence-corrected chi connectivity index (χ3v) is 4.03. The minimum absolute atomic E-state index is 0.0183. The van der Waals surface area contributed by atoms with Crippen LogP contribution in [-0.4, -0.2) is 53.0 Å². The Morgan fingerprint density at radius 3 is 2.55 bits per heavy atom. The molecule has 1 heterocycles. The molecule has 22 heavy (non-hydrogen) atoms. The summed E-state index contributed by atoms with van der Waals surface area (Å²) in [6.07, 6.45) is 0.677. The molecular weight excluding hydrogens is 287 g/mol. The molecule has 0 bridgehead atoms. The Labute approximate surface area is 129 Å². The van der Waals surface area contributed by atoms with Gasteiger partial charge in [-0.15, -0.1) is 0 Å². The van der Waals surface area contributed by atoms with Crippen LogP contribution >= 0.6 is 0 Å². The van der Waals surface area contributed by atoms with Crippen molar-refractivity contribution in [1.29, 1.82) is 0 Å². The first kappa shape index (κ1) is 16.4. The number of nitrogens with zero attached hydrogens (tertiary/aromatic N) is 2. The molecule has 0 aromatic heterocycles. The molecule has 0 unspecified atom stereocenters. The van der Waals surface area contributed by atoms with Crippen LogP contribution in [0.1, 0.15) is 30.5 Å². The van der Waals surface area contributed by atoms with Gasteiger partial charge in [0.1, 0.15) is 11.9 Å². The molecule has 2 rings (SSSR count). The number of hydrogen-bond acceptors (Lipinski definition) is 3. The van der Waals surface area contributed by atoms with Crippen molar-refractivity contribution in [3.05, 3.63) is 35.1 Å². The van der Waals surface area contributed by atoms with Gasteiger partial charge in [0.15, 0.2) is 0 Å². The Hall–Kier alpha value is -1.95. The van der Waals surface area contributed by atoms with E-state index < -0.39 is 17.8 Å². The van der Waals surface area contributed by atoms with Crippen LogP contribution in [0.2, 0.25) is 0 Å². The summed E-state index contributed by atoms with van der Waals surface area (Å²) in [7, 11) is 0. The average molecular weight is 308 g/mol. The fourth-order valence-electron chi connectivity index (χ4n) is 2.85. The number of carbonyl (C=O) groups is 2. The second-order valence-electron chi connectivity index (χ2n) is 5.66. The molecule has 1 saturated heterocycles. The lowest BCUT2D eigenvalue weighted by atomic mass is 10.0. The van der Waals surface area contributed by atoms with Gasteiger partial charge < -0.3 is 10.0 Å². The molecule has 1 atom stereocenters. The molecule has 0 aliphatic carbocycles. The van der Waals surface area contributed by atoms with Crippen LogP contribution in [0.3, 0.4) is 0 Å². The number of carboxylic acid groups (broad SMARTS) is 1. The van der Waals surface area contributed by atoms with Gasteiger partial charge in [-0.05, 0) is 25.0 Å². The van der Waals surface area contributed by atoms with Crippen LogP contribution in [0.15, 0.2) is 18.2 Å². The van der Waals surface area contributed by atoms with E-state index in [9.17, 15) is 19.1 Å². The predicted octanol–water partition coefficient (Wildman–Crippen LogP) is 1.81. The highest BCUT2D eigenvalue weighted by atomic mass is 19.1. The Morgan fingerprint density at radius 2 is 1.95 bits per heavy atom. The van der Waals surface area contributed by atoms with E-state index in [1.165, 1.54) is 19.1 Å². The van der Waals surface area contributed by atoms with E-state index in [1.807, 2.05) is 0 Å². The summed E-state index contributed by atoms with van der Waals surface area (Å²) in [5.41, 5.74) is 0.929. The van der Waals surface area contributed by atoms with E-state index >= 15 is 0 Å². The maximum atomic E-state index is 14.2. The van der Waals surface area contributed by atoms with E-state index in [2.05, 4.69) is 0 Å². The van der Waals surface area contributed by atoms with Gasteiger partial charge >= 0.3 is 5.97 Å². The first-order chi connectivity index (χ1) is 10.4. The number of halogens is 1. The molecule has 120 valence electrons. The zero-order valence-electron chi connectivity index (χ0n) is 12.9. The molecule has 1 N–H and O–H groups in total. The minimum atomic E-state index is -1.07. The Morgan fingerprint density at radius 1 is 1.23 bits per heavy atom. The van der Waals surface area contributed by atoms with Crippen molar-refractivity contribution in [2.45, 2.75) is 26.3 Å². The summed E-state index contributed by atoms with van der Waals surface area (Å²) < 4.78 is 14.2. The molecule has 0 spiro atoms. The van der Waals surface area contributed by atoms with Gasteiger partial charge in [0.05, 0.1) is 0 Å². The van der Waals surface area contributed by atoms with Crippen LogP contribution in [0.4, 0.5) is 4.39 Å². The molecule has 0 saturated carbocycles. The molecule has 1 aliphatic heterocycles. The Bertz CT molecular complexity index is 577. The van der Waals surface area contributed by atoms with E-state index in [0.29, 0.717) is 32.6 Å². The summed E-state index contributed by atoms with van der Waals surface area (Å²) in [5.74, 6) is -1.59. The van der Waals surface area contributed by atoms with Gasteiger partial charge in [0.2, 0.25) is 5.91 Å². The first-order valence-corrected chi connectivity index (χ1v) is 7.38. The molecule has 1 aromatic carbocycles. The van der Waals surface area contributed by atoms with Crippen LogP contribution in [0.25, 0.3) is 0 Å². The number of rotatable bonds is 3. The van der Waals surface area contributed by atoms with Crippen LogP contribution < -0.4 is 0 Å². The van der Waals surface area contributed by atoms with E-state index in [1.54, 1.807) is 22.8 Å². The van der Waals surface area contributed by atoms with Crippen molar-refractivity contribution in [1.82, 2.24) is 9.80 Å². The van der Waals surface area contributed by atoms with Gasteiger partial charge in [0.25, 0.3) is 0 Å². The van der Waals surface area contributed by atoms with Crippen molar-refractivity contribution < 1.29 is 19.1 Å². The van der Waals surface area contributed by atoms with Crippen molar-refractivity contribution in [3.63, 3.8) is 0 Å². The Kier molecular flexibility index (Phi) is 5.13. The van der Waals surface area contributed by atoms with Crippen LogP contribution in [0, 0.1) is 12.7 Å². The van der Waals surface area contributed by atoms with Crippen molar-refractivity contribution in [3.8, 4) is 0 Å². The predicted molar refractivity (Wildman–Crippen MR) is 80.0 cm³/mol. The third kappa shape index (κ3) is 3.62. The quantitative estimate of drug-likeness (QED) is 0.925. The molecule has 1 aliphatic rings. The highest BCUT2D eigenvalue weighted by Gasteiger charge is 2.31. The van der Waals surface area contributed by atoms with E-state index in [4.69, 9.17) is 0 Å². The number of hydrogen-bond donors (Lipinski definition) is 1. The number of aryl methyl sites for hydroxylation is 1. The molecule has 1 fully saturated rings. The largest absolute Gasteiger partial charge is 0.480 e. The van der Waals surface area contributed by atoms with Crippen LogP contribution in [0.5, 0.6) is 0 Å². The average Bonchev–Trinajstić information content (AvgIpc) is 2.67. The van der Waals surface area contributed by atoms with Crippen molar-refractivity contribution in [2.24, 2.45) is 0 Å². The second kappa shape index (κ2) is 6.87. The van der Waals surface area contributed by atoms with E-state index in [0.717, 1.165) is 5.56 Å². The topological polar surface area (TPSA) is 60.9 Å². The highest BCUT2D eigenvalue weighted by molar-refractivity contribution is 5.76. The summed E-state index contributed by atoms with van der Waals surface area (Å²) in [6.45, 7) is 5.28. The smallest absolute Gasteiger partial charge is 0.325 e. The monoisotopic (exact) mass is 308 g/mol. The summed E-state index contributed by atoms with van der Waals surface area (Å²) in [6, 6.07) is 3.59. The zero-order chi connectivity index (χ0) is 16.3. The number of aliphatic carboxylic acids is 1. The SMILES string of the molecule is CC(=O)N1CCCN([C@H](C(=O)O)c2ccc(C)cc2F)CC1. The molecule has 0 radical (unpaired) electrons. The fourth-order valence-corrected chi connectivity index (χ4v) is 2.85. The lowest BCUT2D eigenvalue weighted by molar-refractivity contribution is -0.143. The van der Waals surface area contributed by atoms with Crippen molar-refractivity contribution >= 4 is 11.9 Å². The summed E-state index contributed by atoms with van der Waals surface area (Å²) in [5, 5.41) is 9.55. The summed E-state index contributed by atoms with van der Waals surface area (Å²) in [4.78, 5) is 26.6. The second-order valence-corrected chi connectivity index (χ2v) is 5.66. The van der Waals surface area contributed by atoms with Gasteiger partial charge in [0, 0.05) is 38.7 Å². The number of carboxylic acids is 1. The molecule has 5 nitrogen and oxygen atoms in total. The van der Waals surface area contributed by atoms with Gasteiger partial charge in [-0.3, -0.25) is 14.5 Å². The first-order valence-electron chi connectivity index (χ1n) is 7.38. The van der Waals surface area contributed by atoms with Crippen molar-refractivity contribution in [2.75, 3.05) is 26.2 Å². The summed E-state index contributed by atoms with van der Waals surface area (Å²) >= 11 is 0. The molecule has 1 amide bonds. The Balaban J connectivity index is 2.24. The minimum Gasteiger partial charge on any atom is -0.480 e. The maximum Gasteiger partial charge on any atom is 0.325 e. The number of carbonyl (C=O) groups excluding carboxylic acids is 1. The number of benzene rings is 1. The third-order valence-electron chi connectivity index (χ3n) is 4.03. The zero-order valence-corrected chi connectivity index (χ0v) is 12.9. The molecular formula is C16H21FN2O3. The van der Waals surface area contributed by atoms with E-state index in [-0.39, 0.29) is 11.5 Å². The van der Waals surface area contributed by atoms with Crippen LogP contribution in [-0.2, 0) is 9.59 Å². The van der Waals surface area contributed by atoms with Gasteiger partial charge in [-0.2, -0.15) is 0 Å². The lowest BCUT2D eigenvalue weighted by Crippen LogP contribution is -2.38. The standard InChI is InChI=1S/C16H21FN2O3/c1-11-4-5-13(14(17)10-11)15(16(21)22)19-7-3-6-18(8-9-19)12(2)20/h4-5,10,15H,3,6-9H2,1-2H3,(H,21,22)/t15-/m0/s1. The van der Waals surface area contributed by atoms with Gasteiger partial charge in [-0.25, -0.2) is 4.39 Å².